The average Bonchev–Trinajstić information content (AvgIpc) is 2.73. The van der Waals surface area contributed by atoms with Crippen LogP contribution in [0.25, 0.3) is 11.3 Å². The predicted octanol–water partition coefficient (Wildman–Crippen LogP) is 2.09. The van der Waals surface area contributed by atoms with Crippen LogP contribution in [0, 0.1) is 11.6 Å². The molecule has 19 heavy (non-hydrogen) atoms. The molecule has 4 nitrogen and oxygen atoms in total. The zero-order chi connectivity index (χ0) is 14.0. The van der Waals surface area contributed by atoms with Gasteiger partial charge in [0.25, 0.3) is 0 Å². The van der Waals surface area contributed by atoms with E-state index in [0.717, 1.165) is 17.8 Å². The summed E-state index contributed by atoms with van der Waals surface area (Å²) in [5.41, 5.74) is 1.44. The van der Waals surface area contributed by atoms with Gasteiger partial charge < -0.3 is 10.1 Å². The molecule has 0 fully saturated rings. The van der Waals surface area contributed by atoms with Crippen molar-refractivity contribution < 1.29 is 13.5 Å². The summed E-state index contributed by atoms with van der Waals surface area (Å²) in [6.07, 6.45) is 0. The minimum absolute atomic E-state index is 0.112. The van der Waals surface area contributed by atoms with Crippen LogP contribution in [-0.2, 0) is 13.6 Å². The topological polar surface area (TPSA) is 39.1 Å². The molecule has 0 saturated carbocycles. The van der Waals surface area contributed by atoms with Crippen molar-refractivity contribution in [1.29, 1.82) is 0 Å². The van der Waals surface area contributed by atoms with Gasteiger partial charge in [0.2, 0.25) is 0 Å². The van der Waals surface area contributed by atoms with E-state index >= 15 is 0 Å². The number of hydrogen-bond acceptors (Lipinski definition) is 3. The first-order valence-corrected chi connectivity index (χ1v) is 5.77. The van der Waals surface area contributed by atoms with Crippen LogP contribution in [0.3, 0.4) is 0 Å². The largest absolute Gasteiger partial charge is 0.494 e. The van der Waals surface area contributed by atoms with Crippen molar-refractivity contribution in [3.05, 3.63) is 35.5 Å². The van der Waals surface area contributed by atoms with Crippen LogP contribution in [0.4, 0.5) is 8.78 Å². The van der Waals surface area contributed by atoms with Crippen molar-refractivity contribution in [2.24, 2.45) is 7.05 Å². The molecule has 1 heterocycles. The van der Waals surface area contributed by atoms with Gasteiger partial charge in [-0.25, -0.2) is 8.78 Å². The van der Waals surface area contributed by atoms with Gasteiger partial charge >= 0.3 is 0 Å². The third-order valence-corrected chi connectivity index (χ3v) is 2.81. The summed E-state index contributed by atoms with van der Waals surface area (Å²) in [6, 6.07) is 3.88. The number of nitrogens with one attached hydrogen (secondary N) is 1. The van der Waals surface area contributed by atoms with Crippen molar-refractivity contribution in [3.63, 3.8) is 0 Å². The van der Waals surface area contributed by atoms with Crippen LogP contribution >= 0.6 is 0 Å². The van der Waals surface area contributed by atoms with E-state index in [-0.39, 0.29) is 11.3 Å². The van der Waals surface area contributed by atoms with Crippen molar-refractivity contribution >= 4 is 0 Å². The molecule has 0 aliphatic rings. The fourth-order valence-corrected chi connectivity index (χ4v) is 1.93. The van der Waals surface area contributed by atoms with Gasteiger partial charge in [0.1, 0.15) is 5.82 Å². The molecule has 0 amide bonds. The molecular formula is C13H15F2N3O. The molecule has 0 radical (unpaired) electrons. The van der Waals surface area contributed by atoms with Crippen LogP contribution in [-0.4, -0.2) is 23.9 Å². The average molecular weight is 267 g/mol. The fraction of sp³-hybridized carbons (Fsp3) is 0.308. The third-order valence-electron chi connectivity index (χ3n) is 2.81. The number of hydrogen-bond donors (Lipinski definition) is 1. The molecule has 0 unspecified atom stereocenters. The molecule has 2 aromatic rings. The van der Waals surface area contributed by atoms with E-state index in [1.807, 2.05) is 0 Å². The summed E-state index contributed by atoms with van der Waals surface area (Å²) in [4.78, 5) is 0. The lowest BCUT2D eigenvalue weighted by atomic mass is 10.1. The van der Waals surface area contributed by atoms with Gasteiger partial charge in [-0.3, -0.25) is 4.68 Å². The molecule has 2 rings (SSSR count). The van der Waals surface area contributed by atoms with E-state index < -0.39 is 11.6 Å². The Morgan fingerprint density at radius 3 is 2.63 bits per heavy atom. The van der Waals surface area contributed by atoms with E-state index in [0.29, 0.717) is 12.2 Å². The van der Waals surface area contributed by atoms with Crippen LogP contribution < -0.4 is 10.1 Å². The number of methoxy groups -OCH3 is 1. The number of aryl methyl sites for hydroxylation is 1. The maximum atomic E-state index is 14.0. The van der Waals surface area contributed by atoms with E-state index in [1.165, 1.54) is 11.8 Å². The summed E-state index contributed by atoms with van der Waals surface area (Å²) < 4.78 is 33.9. The number of halogens is 2. The van der Waals surface area contributed by atoms with Gasteiger partial charge in [0.05, 0.1) is 18.5 Å². The smallest absolute Gasteiger partial charge is 0.165 e. The molecule has 0 atom stereocenters. The predicted molar refractivity (Wildman–Crippen MR) is 67.9 cm³/mol. The van der Waals surface area contributed by atoms with Gasteiger partial charge in [-0.05, 0) is 19.2 Å². The summed E-state index contributed by atoms with van der Waals surface area (Å²) in [6.45, 7) is 0.564. The first-order valence-electron chi connectivity index (χ1n) is 5.77. The maximum Gasteiger partial charge on any atom is 0.165 e. The highest BCUT2D eigenvalue weighted by molar-refractivity contribution is 5.62. The number of rotatable bonds is 4. The zero-order valence-electron chi connectivity index (χ0n) is 11.0. The Kier molecular flexibility index (Phi) is 3.80. The standard InChI is InChI=1S/C13H15F2N3O/c1-16-7-8-4-12(18(2)17-8)9-5-11(15)13(19-3)6-10(9)14/h4-6,16H,7H2,1-3H3. The molecule has 6 heteroatoms. The summed E-state index contributed by atoms with van der Waals surface area (Å²) in [5, 5.41) is 7.18. The third kappa shape index (κ3) is 2.58. The molecule has 102 valence electrons. The molecule has 0 aliphatic carbocycles. The van der Waals surface area contributed by atoms with Gasteiger partial charge in [0.15, 0.2) is 11.6 Å². The first kappa shape index (κ1) is 13.5. The molecule has 0 spiro atoms. The summed E-state index contributed by atoms with van der Waals surface area (Å²) in [5.74, 6) is -1.26. The molecule has 1 aromatic carbocycles. The Hall–Kier alpha value is -1.95. The Balaban J connectivity index is 2.49. The molecule has 1 N–H and O–H groups in total. The molecule has 0 aliphatic heterocycles. The number of nitrogens with zero attached hydrogens (tertiary/aromatic N) is 2. The minimum atomic E-state index is -0.602. The summed E-state index contributed by atoms with van der Waals surface area (Å²) >= 11 is 0. The van der Waals surface area contributed by atoms with E-state index in [1.54, 1.807) is 20.2 Å². The van der Waals surface area contributed by atoms with Crippen molar-refractivity contribution in [1.82, 2.24) is 15.1 Å². The normalized spacial score (nSPS) is 10.8. The quantitative estimate of drug-likeness (QED) is 0.922. The Labute approximate surface area is 110 Å². The van der Waals surface area contributed by atoms with Crippen LogP contribution in [0.2, 0.25) is 0 Å². The van der Waals surface area contributed by atoms with Crippen molar-refractivity contribution in [2.45, 2.75) is 6.54 Å². The van der Waals surface area contributed by atoms with Gasteiger partial charge in [0, 0.05) is 25.2 Å². The highest BCUT2D eigenvalue weighted by atomic mass is 19.1. The number of benzene rings is 1. The Morgan fingerprint density at radius 1 is 1.26 bits per heavy atom. The second-order valence-corrected chi connectivity index (χ2v) is 4.14. The van der Waals surface area contributed by atoms with Gasteiger partial charge in [-0.15, -0.1) is 0 Å². The van der Waals surface area contributed by atoms with Crippen LogP contribution in [0.1, 0.15) is 5.69 Å². The van der Waals surface area contributed by atoms with Gasteiger partial charge in [-0.1, -0.05) is 0 Å². The van der Waals surface area contributed by atoms with Crippen molar-refractivity contribution in [3.8, 4) is 17.0 Å². The highest BCUT2D eigenvalue weighted by Gasteiger charge is 2.15. The number of ether oxygens (including phenoxy) is 1. The maximum absolute atomic E-state index is 14.0. The molecule has 1 aromatic heterocycles. The van der Waals surface area contributed by atoms with E-state index in [4.69, 9.17) is 4.74 Å². The summed E-state index contributed by atoms with van der Waals surface area (Å²) in [7, 11) is 4.78. The Bertz CT molecular complexity index is 596. The van der Waals surface area contributed by atoms with Crippen LogP contribution in [0.5, 0.6) is 5.75 Å². The lowest BCUT2D eigenvalue weighted by Crippen LogP contribution is -2.05. The molecular weight excluding hydrogens is 252 g/mol. The van der Waals surface area contributed by atoms with E-state index in [2.05, 4.69) is 10.4 Å². The SMILES string of the molecule is CNCc1cc(-c2cc(F)c(OC)cc2F)n(C)n1. The second-order valence-electron chi connectivity index (χ2n) is 4.14. The van der Waals surface area contributed by atoms with Crippen molar-refractivity contribution in [2.75, 3.05) is 14.2 Å². The second kappa shape index (κ2) is 5.36. The fourth-order valence-electron chi connectivity index (χ4n) is 1.93. The van der Waals surface area contributed by atoms with Gasteiger partial charge in [-0.2, -0.15) is 5.10 Å². The number of aromatic nitrogens is 2. The lowest BCUT2D eigenvalue weighted by Gasteiger charge is -2.07. The monoisotopic (exact) mass is 267 g/mol. The zero-order valence-corrected chi connectivity index (χ0v) is 11.0. The van der Waals surface area contributed by atoms with E-state index in [9.17, 15) is 8.78 Å². The molecule has 0 saturated heterocycles. The van der Waals surface area contributed by atoms with Crippen LogP contribution in [0.15, 0.2) is 18.2 Å². The first-order chi connectivity index (χ1) is 9.06. The molecule has 0 bridgehead atoms. The Morgan fingerprint density at radius 2 is 2.00 bits per heavy atom. The lowest BCUT2D eigenvalue weighted by molar-refractivity contribution is 0.383. The highest BCUT2D eigenvalue weighted by Crippen LogP contribution is 2.29. The minimum Gasteiger partial charge on any atom is -0.494 e.